The van der Waals surface area contributed by atoms with E-state index in [2.05, 4.69) is 12.2 Å². The van der Waals surface area contributed by atoms with Crippen molar-refractivity contribution in [3.63, 3.8) is 0 Å². The van der Waals surface area contributed by atoms with Crippen LogP contribution >= 0.6 is 23.2 Å². The molecule has 0 amide bonds. The van der Waals surface area contributed by atoms with Crippen LogP contribution in [-0.2, 0) is 0 Å². The lowest BCUT2D eigenvalue weighted by Gasteiger charge is -2.13. The topological polar surface area (TPSA) is 32.3 Å². The molecule has 1 unspecified atom stereocenters. The molecule has 0 aliphatic rings. The highest BCUT2D eigenvalue weighted by Gasteiger charge is 2.04. The summed E-state index contributed by atoms with van der Waals surface area (Å²) in [7, 11) is 0. The highest BCUT2D eigenvalue weighted by atomic mass is 35.5. The molecule has 0 aliphatic heterocycles. The summed E-state index contributed by atoms with van der Waals surface area (Å²) in [5.74, 6) is 0.277. The number of halogens is 2. The number of nitrogens with one attached hydrogen (secondary N) is 1. The zero-order chi connectivity index (χ0) is 11.3. The average molecular weight is 248 g/mol. The third kappa shape index (κ3) is 3.90. The quantitative estimate of drug-likeness (QED) is 0.836. The summed E-state index contributed by atoms with van der Waals surface area (Å²) < 4.78 is 0. The van der Waals surface area contributed by atoms with Crippen molar-refractivity contribution in [1.29, 1.82) is 0 Å². The van der Waals surface area contributed by atoms with Crippen LogP contribution in [0.2, 0.25) is 10.0 Å². The van der Waals surface area contributed by atoms with Gasteiger partial charge in [-0.25, -0.2) is 0 Å². The normalized spacial score (nSPS) is 12.5. The highest BCUT2D eigenvalue weighted by molar-refractivity contribution is 6.42. The van der Waals surface area contributed by atoms with Gasteiger partial charge in [-0.1, -0.05) is 30.1 Å². The Balaban J connectivity index is 2.54. The Morgan fingerprint density at radius 1 is 1.33 bits per heavy atom. The number of aliphatic hydroxyl groups is 1. The minimum Gasteiger partial charge on any atom is -0.396 e. The Bertz CT molecular complexity index is 313. The number of aliphatic hydroxyl groups excluding tert-OH is 1. The maximum atomic E-state index is 9.02. The lowest BCUT2D eigenvalue weighted by atomic mass is 10.1. The van der Waals surface area contributed by atoms with Crippen LogP contribution in [0.1, 0.15) is 13.3 Å². The molecule has 2 nitrogen and oxygen atoms in total. The van der Waals surface area contributed by atoms with Gasteiger partial charge in [0, 0.05) is 18.8 Å². The van der Waals surface area contributed by atoms with E-state index in [0.717, 1.165) is 18.7 Å². The van der Waals surface area contributed by atoms with Crippen molar-refractivity contribution in [3.05, 3.63) is 28.2 Å². The molecule has 0 bridgehead atoms. The molecule has 15 heavy (non-hydrogen) atoms. The molecular weight excluding hydrogens is 233 g/mol. The fraction of sp³-hybridized carbons (Fsp3) is 0.455. The predicted molar refractivity (Wildman–Crippen MR) is 65.8 cm³/mol. The Hall–Kier alpha value is -0.440. The summed E-state index contributed by atoms with van der Waals surface area (Å²) in [5, 5.41) is 13.3. The summed E-state index contributed by atoms with van der Waals surface area (Å²) in [6.45, 7) is 2.99. The lowest BCUT2D eigenvalue weighted by molar-refractivity contribution is 0.230. The van der Waals surface area contributed by atoms with Gasteiger partial charge in [0.05, 0.1) is 10.0 Å². The zero-order valence-electron chi connectivity index (χ0n) is 8.63. The Morgan fingerprint density at radius 2 is 2.07 bits per heavy atom. The van der Waals surface area contributed by atoms with E-state index in [9.17, 15) is 0 Å². The summed E-state index contributed by atoms with van der Waals surface area (Å²) >= 11 is 11.7. The van der Waals surface area contributed by atoms with Crippen molar-refractivity contribution < 1.29 is 5.11 Å². The molecule has 0 fully saturated rings. The number of hydrogen-bond acceptors (Lipinski definition) is 2. The zero-order valence-corrected chi connectivity index (χ0v) is 10.1. The Kier molecular flexibility index (Phi) is 5.23. The number of anilines is 1. The monoisotopic (exact) mass is 247 g/mol. The van der Waals surface area contributed by atoms with E-state index in [1.165, 1.54) is 0 Å². The van der Waals surface area contributed by atoms with E-state index in [0.29, 0.717) is 10.0 Å². The molecule has 0 heterocycles. The summed E-state index contributed by atoms with van der Waals surface area (Å²) in [4.78, 5) is 0. The molecule has 0 saturated heterocycles. The smallest absolute Gasteiger partial charge is 0.0612 e. The molecule has 1 atom stereocenters. The fourth-order valence-electron chi connectivity index (χ4n) is 1.21. The van der Waals surface area contributed by atoms with E-state index in [4.69, 9.17) is 28.3 Å². The number of rotatable bonds is 5. The first-order valence-corrected chi connectivity index (χ1v) is 5.72. The number of benzene rings is 1. The van der Waals surface area contributed by atoms with E-state index in [1.54, 1.807) is 12.1 Å². The first-order valence-electron chi connectivity index (χ1n) is 4.97. The first-order chi connectivity index (χ1) is 7.17. The summed E-state index contributed by atoms with van der Waals surface area (Å²) in [6.07, 6.45) is 0.949. The van der Waals surface area contributed by atoms with E-state index in [-0.39, 0.29) is 12.5 Å². The minimum absolute atomic E-state index is 0.199. The molecule has 2 N–H and O–H groups in total. The molecule has 84 valence electrons. The standard InChI is InChI=1S/C11H15Cl2NO/c1-2-8(7-15)6-14-9-3-4-10(12)11(13)5-9/h3-5,8,14-15H,2,6-7H2,1H3. The molecule has 4 heteroatoms. The van der Waals surface area contributed by atoms with Crippen LogP contribution in [0.15, 0.2) is 18.2 Å². The Labute approximate surface area is 100 Å². The van der Waals surface area contributed by atoms with Crippen molar-refractivity contribution in [3.8, 4) is 0 Å². The van der Waals surface area contributed by atoms with Gasteiger partial charge in [0.25, 0.3) is 0 Å². The van der Waals surface area contributed by atoms with Crippen molar-refractivity contribution in [2.24, 2.45) is 5.92 Å². The van der Waals surface area contributed by atoms with Crippen LogP contribution in [0.4, 0.5) is 5.69 Å². The maximum absolute atomic E-state index is 9.02. The van der Waals surface area contributed by atoms with Gasteiger partial charge >= 0.3 is 0 Å². The van der Waals surface area contributed by atoms with Gasteiger partial charge in [0.15, 0.2) is 0 Å². The van der Waals surface area contributed by atoms with E-state index >= 15 is 0 Å². The molecular formula is C11H15Cl2NO. The van der Waals surface area contributed by atoms with Crippen LogP contribution in [0.3, 0.4) is 0 Å². The maximum Gasteiger partial charge on any atom is 0.0612 e. The second kappa shape index (κ2) is 6.21. The van der Waals surface area contributed by atoms with Gasteiger partial charge < -0.3 is 10.4 Å². The Morgan fingerprint density at radius 3 is 2.60 bits per heavy atom. The third-order valence-electron chi connectivity index (χ3n) is 2.35. The molecule has 0 radical (unpaired) electrons. The van der Waals surface area contributed by atoms with Gasteiger partial charge in [-0.15, -0.1) is 0 Å². The number of hydrogen-bond donors (Lipinski definition) is 2. The van der Waals surface area contributed by atoms with Crippen LogP contribution in [0.5, 0.6) is 0 Å². The molecule has 1 aromatic carbocycles. The second-order valence-electron chi connectivity index (χ2n) is 3.47. The third-order valence-corrected chi connectivity index (χ3v) is 3.09. The average Bonchev–Trinajstić information content (AvgIpc) is 2.24. The van der Waals surface area contributed by atoms with Crippen LogP contribution in [-0.4, -0.2) is 18.3 Å². The molecule has 1 aromatic rings. The summed E-state index contributed by atoms with van der Waals surface area (Å²) in [5.41, 5.74) is 0.927. The lowest BCUT2D eigenvalue weighted by Crippen LogP contribution is -2.16. The van der Waals surface area contributed by atoms with Gasteiger partial charge in [-0.05, 0) is 30.5 Å². The van der Waals surface area contributed by atoms with Crippen molar-refractivity contribution >= 4 is 28.9 Å². The van der Waals surface area contributed by atoms with E-state index < -0.39 is 0 Å². The SMILES string of the molecule is CCC(CO)CNc1ccc(Cl)c(Cl)c1. The molecule has 0 spiro atoms. The first kappa shape index (κ1) is 12.6. The van der Waals surface area contributed by atoms with Crippen molar-refractivity contribution in [2.75, 3.05) is 18.5 Å². The molecule has 0 saturated carbocycles. The van der Waals surface area contributed by atoms with Crippen molar-refractivity contribution in [1.82, 2.24) is 0 Å². The molecule has 0 aliphatic carbocycles. The van der Waals surface area contributed by atoms with Gasteiger partial charge in [0.2, 0.25) is 0 Å². The second-order valence-corrected chi connectivity index (χ2v) is 4.28. The van der Waals surface area contributed by atoms with Gasteiger partial charge in [-0.2, -0.15) is 0 Å². The molecule has 1 rings (SSSR count). The van der Waals surface area contributed by atoms with E-state index in [1.807, 2.05) is 6.07 Å². The highest BCUT2D eigenvalue weighted by Crippen LogP contribution is 2.25. The van der Waals surface area contributed by atoms with Crippen LogP contribution in [0.25, 0.3) is 0 Å². The minimum atomic E-state index is 0.199. The van der Waals surface area contributed by atoms with Gasteiger partial charge in [0.1, 0.15) is 0 Å². The van der Waals surface area contributed by atoms with Crippen LogP contribution < -0.4 is 5.32 Å². The molecule has 0 aromatic heterocycles. The van der Waals surface area contributed by atoms with Crippen molar-refractivity contribution in [2.45, 2.75) is 13.3 Å². The predicted octanol–water partition coefficient (Wildman–Crippen LogP) is 3.42. The van der Waals surface area contributed by atoms with Crippen LogP contribution in [0, 0.1) is 5.92 Å². The summed E-state index contributed by atoms with van der Waals surface area (Å²) in [6, 6.07) is 5.42. The largest absolute Gasteiger partial charge is 0.396 e. The van der Waals surface area contributed by atoms with Gasteiger partial charge in [-0.3, -0.25) is 0 Å². The fourth-order valence-corrected chi connectivity index (χ4v) is 1.50.